The van der Waals surface area contributed by atoms with Gasteiger partial charge < -0.3 is 11.1 Å². The van der Waals surface area contributed by atoms with Crippen molar-refractivity contribution in [3.63, 3.8) is 0 Å². The summed E-state index contributed by atoms with van der Waals surface area (Å²) >= 11 is 1.56. The summed E-state index contributed by atoms with van der Waals surface area (Å²) in [6.45, 7) is 1.99. The van der Waals surface area contributed by atoms with E-state index in [1.807, 2.05) is 16.8 Å². The Labute approximate surface area is 107 Å². The monoisotopic (exact) mass is 265 g/mol. The Morgan fingerprint density at radius 2 is 2.33 bits per heavy atom. The van der Waals surface area contributed by atoms with Gasteiger partial charge in [-0.25, -0.2) is 4.98 Å². The molecule has 0 amide bonds. The average Bonchev–Trinajstić information content (AvgIpc) is 2.77. The standard InChI is InChI=1S/C10H11N5O2S/c1-6-8(15(16)17)9(14-10(11)13-6)12-4-7-2-3-18-5-7/h2-3,5H,4H2,1H3,(H3,11,12,13,14). The molecule has 18 heavy (non-hydrogen) atoms. The van der Waals surface area contributed by atoms with Crippen LogP contribution in [-0.4, -0.2) is 14.9 Å². The summed E-state index contributed by atoms with van der Waals surface area (Å²) in [6, 6.07) is 1.93. The molecule has 8 heteroatoms. The van der Waals surface area contributed by atoms with E-state index in [-0.39, 0.29) is 23.1 Å². The summed E-state index contributed by atoms with van der Waals surface area (Å²) in [5.74, 6) is 0.169. The number of thiophene rings is 1. The predicted octanol–water partition coefficient (Wildman–Crippen LogP) is 1.95. The van der Waals surface area contributed by atoms with Crippen molar-refractivity contribution in [1.82, 2.24) is 9.97 Å². The third kappa shape index (κ3) is 2.54. The lowest BCUT2D eigenvalue weighted by Crippen LogP contribution is -2.09. The molecular weight excluding hydrogens is 254 g/mol. The van der Waals surface area contributed by atoms with Crippen molar-refractivity contribution in [2.24, 2.45) is 0 Å². The lowest BCUT2D eigenvalue weighted by Gasteiger charge is -2.07. The van der Waals surface area contributed by atoms with E-state index in [0.717, 1.165) is 5.56 Å². The second-order valence-electron chi connectivity index (χ2n) is 3.61. The molecule has 3 N–H and O–H groups in total. The van der Waals surface area contributed by atoms with Gasteiger partial charge in [0.2, 0.25) is 11.8 Å². The van der Waals surface area contributed by atoms with Gasteiger partial charge in [-0.15, -0.1) is 0 Å². The number of nitro groups is 1. The highest BCUT2D eigenvalue weighted by Crippen LogP contribution is 2.26. The van der Waals surface area contributed by atoms with Gasteiger partial charge in [0.25, 0.3) is 0 Å². The minimum atomic E-state index is -0.509. The maximum Gasteiger partial charge on any atom is 0.332 e. The van der Waals surface area contributed by atoms with Gasteiger partial charge in [0.1, 0.15) is 5.69 Å². The predicted molar refractivity (Wildman–Crippen MR) is 69.5 cm³/mol. The maximum atomic E-state index is 11.0. The molecule has 0 aliphatic heterocycles. The van der Waals surface area contributed by atoms with Crippen molar-refractivity contribution in [2.45, 2.75) is 13.5 Å². The van der Waals surface area contributed by atoms with Crippen LogP contribution in [-0.2, 0) is 6.54 Å². The van der Waals surface area contributed by atoms with Gasteiger partial charge in [0, 0.05) is 6.54 Å². The molecule has 94 valence electrons. The fourth-order valence-corrected chi connectivity index (χ4v) is 2.18. The van der Waals surface area contributed by atoms with Gasteiger partial charge >= 0.3 is 5.69 Å². The van der Waals surface area contributed by atoms with Crippen molar-refractivity contribution in [2.75, 3.05) is 11.1 Å². The zero-order valence-corrected chi connectivity index (χ0v) is 10.4. The fraction of sp³-hybridized carbons (Fsp3) is 0.200. The van der Waals surface area contributed by atoms with E-state index in [2.05, 4.69) is 15.3 Å². The van der Waals surface area contributed by atoms with Crippen molar-refractivity contribution < 1.29 is 4.92 Å². The van der Waals surface area contributed by atoms with Crippen LogP contribution in [0.5, 0.6) is 0 Å². The van der Waals surface area contributed by atoms with Gasteiger partial charge in [0.15, 0.2) is 0 Å². The summed E-state index contributed by atoms with van der Waals surface area (Å²) in [5, 5.41) is 17.8. The minimum absolute atomic E-state index is 0.0194. The quantitative estimate of drug-likeness (QED) is 0.646. The van der Waals surface area contributed by atoms with Crippen LogP contribution in [0, 0.1) is 17.0 Å². The summed E-state index contributed by atoms with van der Waals surface area (Å²) in [5.41, 5.74) is 6.64. The molecule has 2 aromatic rings. The molecule has 0 aliphatic rings. The number of aryl methyl sites for hydroxylation is 1. The van der Waals surface area contributed by atoms with Crippen LogP contribution < -0.4 is 11.1 Å². The molecule has 7 nitrogen and oxygen atoms in total. The van der Waals surface area contributed by atoms with Crippen molar-refractivity contribution in [1.29, 1.82) is 0 Å². The molecule has 0 atom stereocenters. The molecule has 0 saturated heterocycles. The molecule has 0 fully saturated rings. The van der Waals surface area contributed by atoms with E-state index in [1.54, 1.807) is 11.3 Å². The first-order chi connectivity index (χ1) is 8.58. The zero-order chi connectivity index (χ0) is 13.1. The highest BCUT2D eigenvalue weighted by atomic mass is 32.1. The van der Waals surface area contributed by atoms with Crippen LogP contribution in [0.2, 0.25) is 0 Å². The van der Waals surface area contributed by atoms with E-state index in [9.17, 15) is 10.1 Å². The second kappa shape index (κ2) is 4.96. The number of nitrogen functional groups attached to an aromatic ring is 1. The van der Waals surface area contributed by atoms with Crippen LogP contribution >= 0.6 is 11.3 Å². The number of nitrogens with two attached hydrogens (primary N) is 1. The van der Waals surface area contributed by atoms with Gasteiger partial charge in [-0.2, -0.15) is 16.3 Å². The number of anilines is 2. The summed E-state index contributed by atoms with van der Waals surface area (Å²) in [6.07, 6.45) is 0. The lowest BCUT2D eigenvalue weighted by molar-refractivity contribution is -0.385. The maximum absolute atomic E-state index is 11.0. The van der Waals surface area contributed by atoms with Crippen LogP contribution in [0.1, 0.15) is 11.3 Å². The molecule has 2 heterocycles. The molecule has 2 aromatic heterocycles. The van der Waals surface area contributed by atoms with E-state index in [1.165, 1.54) is 6.92 Å². The first-order valence-corrected chi connectivity index (χ1v) is 6.05. The van der Waals surface area contributed by atoms with Crippen LogP contribution in [0.25, 0.3) is 0 Å². The van der Waals surface area contributed by atoms with E-state index < -0.39 is 4.92 Å². The molecule has 0 spiro atoms. The number of nitrogens with one attached hydrogen (secondary N) is 1. The molecule has 0 aromatic carbocycles. The normalized spacial score (nSPS) is 10.3. The first-order valence-electron chi connectivity index (χ1n) is 5.11. The Morgan fingerprint density at radius 3 is 2.94 bits per heavy atom. The van der Waals surface area contributed by atoms with Gasteiger partial charge in [-0.05, 0) is 29.3 Å². The molecule has 0 radical (unpaired) electrons. The number of aromatic nitrogens is 2. The van der Waals surface area contributed by atoms with Crippen molar-refractivity contribution in [3.8, 4) is 0 Å². The third-order valence-electron chi connectivity index (χ3n) is 2.30. The Balaban J connectivity index is 2.28. The fourth-order valence-electron chi connectivity index (χ4n) is 1.51. The molecular formula is C10H11N5O2S. The highest BCUT2D eigenvalue weighted by Gasteiger charge is 2.21. The lowest BCUT2D eigenvalue weighted by atomic mass is 10.3. The topological polar surface area (TPSA) is 107 Å². The SMILES string of the molecule is Cc1nc(N)nc(NCc2ccsc2)c1[N+](=O)[O-]. The Kier molecular flexibility index (Phi) is 3.38. The summed E-state index contributed by atoms with van der Waals surface area (Å²) < 4.78 is 0. The third-order valence-corrected chi connectivity index (χ3v) is 3.03. The van der Waals surface area contributed by atoms with Crippen LogP contribution in [0.4, 0.5) is 17.5 Å². The first kappa shape index (κ1) is 12.2. The Hall–Kier alpha value is -2.22. The molecule has 0 aliphatic carbocycles. The van der Waals surface area contributed by atoms with Crippen molar-refractivity contribution in [3.05, 3.63) is 38.2 Å². The van der Waals surface area contributed by atoms with E-state index in [4.69, 9.17) is 5.73 Å². The highest BCUT2D eigenvalue weighted by molar-refractivity contribution is 7.07. The molecule has 0 bridgehead atoms. The number of hydrogen-bond donors (Lipinski definition) is 2. The van der Waals surface area contributed by atoms with Crippen molar-refractivity contribution >= 4 is 28.8 Å². The second-order valence-corrected chi connectivity index (χ2v) is 4.39. The van der Waals surface area contributed by atoms with Gasteiger partial charge in [-0.3, -0.25) is 10.1 Å². The van der Waals surface area contributed by atoms with Gasteiger partial charge in [-0.1, -0.05) is 0 Å². The smallest absolute Gasteiger partial charge is 0.332 e. The summed E-state index contributed by atoms with van der Waals surface area (Å²) in [4.78, 5) is 18.1. The van der Waals surface area contributed by atoms with E-state index >= 15 is 0 Å². The van der Waals surface area contributed by atoms with E-state index in [0.29, 0.717) is 6.54 Å². The largest absolute Gasteiger partial charge is 0.368 e. The number of nitrogens with zero attached hydrogens (tertiary/aromatic N) is 3. The zero-order valence-electron chi connectivity index (χ0n) is 9.58. The Bertz CT molecular complexity index is 570. The number of hydrogen-bond acceptors (Lipinski definition) is 7. The minimum Gasteiger partial charge on any atom is -0.368 e. The van der Waals surface area contributed by atoms with Crippen LogP contribution in [0.3, 0.4) is 0 Å². The molecule has 2 rings (SSSR count). The Morgan fingerprint density at radius 1 is 1.56 bits per heavy atom. The average molecular weight is 265 g/mol. The molecule has 0 saturated carbocycles. The van der Waals surface area contributed by atoms with Crippen LogP contribution in [0.15, 0.2) is 16.8 Å². The number of rotatable bonds is 4. The van der Waals surface area contributed by atoms with Gasteiger partial charge in [0.05, 0.1) is 4.92 Å². The molecule has 0 unspecified atom stereocenters. The summed E-state index contributed by atoms with van der Waals surface area (Å²) in [7, 11) is 0.